The number of benzene rings is 1. The molecule has 1 aromatic rings. The molecule has 122 valence electrons. The van der Waals surface area contributed by atoms with Gasteiger partial charge >= 0.3 is 6.09 Å². The molecule has 0 aromatic heterocycles. The summed E-state index contributed by atoms with van der Waals surface area (Å²) < 4.78 is 5.23. The summed E-state index contributed by atoms with van der Waals surface area (Å²) in [5.74, 6) is 0. The number of nitrogens with two attached hydrogens (primary N) is 1. The fourth-order valence-corrected chi connectivity index (χ4v) is 2.99. The lowest BCUT2D eigenvalue weighted by Crippen LogP contribution is -2.45. The zero-order chi connectivity index (χ0) is 16.8. The standard InChI is InChI=1S/C17H25ClN2O2/c1-15(2,3)22-14(21)20-13-7-6-11(10-12(13)18)17(8-9-17)16(4,5)19/h6-7,10H,8-9,19H2,1-5H3,(H,20,21). The van der Waals surface area contributed by atoms with Crippen LogP contribution in [-0.4, -0.2) is 17.2 Å². The first kappa shape index (κ1) is 17.1. The van der Waals surface area contributed by atoms with Gasteiger partial charge in [0.1, 0.15) is 5.60 Å². The molecule has 4 nitrogen and oxygen atoms in total. The average Bonchev–Trinajstić information content (AvgIpc) is 3.09. The SMILES string of the molecule is CC(C)(C)OC(=O)Nc1ccc(C2(C(C)(C)N)CC2)cc1Cl. The highest BCUT2D eigenvalue weighted by atomic mass is 35.5. The maximum Gasteiger partial charge on any atom is 0.412 e. The molecule has 1 aliphatic carbocycles. The van der Waals surface area contributed by atoms with Gasteiger partial charge in [-0.2, -0.15) is 0 Å². The molecular weight excluding hydrogens is 300 g/mol. The predicted molar refractivity (Wildman–Crippen MR) is 90.5 cm³/mol. The van der Waals surface area contributed by atoms with Crippen LogP contribution < -0.4 is 11.1 Å². The number of amides is 1. The molecule has 22 heavy (non-hydrogen) atoms. The van der Waals surface area contributed by atoms with Crippen LogP contribution in [0.4, 0.5) is 10.5 Å². The van der Waals surface area contributed by atoms with E-state index in [4.69, 9.17) is 22.1 Å². The van der Waals surface area contributed by atoms with Crippen LogP contribution in [0.3, 0.4) is 0 Å². The van der Waals surface area contributed by atoms with Crippen molar-refractivity contribution in [3.8, 4) is 0 Å². The highest BCUT2D eigenvalue weighted by Gasteiger charge is 2.53. The van der Waals surface area contributed by atoms with Gasteiger partial charge in [0.2, 0.25) is 0 Å². The molecule has 0 saturated heterocycles. The monoisotopic (exact) mass is 324 g/mol. The summed E-state index contributed by atoms with van der Waals surface area (Å²) in [4.78, 5) is 11.8. The van der Waals surface area contributed by atoms with Gasteiger partial charge in [-0.3, -0.25) is 5.32 Å². The number of hydrogen-bond acceptors (Lipinski definition) is 3. The highest BCUT2D eigenvalue weighted by Crippen LogP contribution is 2.55. The molecule has 1 aliphatic rings. The van der Waals surface area contributed by atoms with Crippen molar-refractivity contribution >= 4 is 23.4 Å². The third-order valence-corrected chi connectivity index (χ3v) is 4.45. The number of anilines is 1. The molecular formula is C17H25ClN2O2. The first-order valence-electron chi connectivity index (χ1n) is 7.54. The van der Waals surface area contributed by atoms with Crippen LogP contribution in [0.2, 0.25) is 5.02 Å². The van der Waals surface area contributed by atoms with Gasteiger partial charge in [0.05, 0.1) is 10.7 Å². The Morgan fingerprint density at radius 1 is 1.27 bits per heavy atom. The molecule has 0 spiro atoms. The molecule has 2 rings (SSSR count). The van der Waals surface area contributed by atoms with Crippen LogP contribution in [0.15, 0.2) is 18.2 Å². The Hall–Kier alpha value is -1.26. The second-order valence-electron chi connectivity index (χ2n) is 7.63. The molecule has 0 bridgehead atoms. The van der Waals surface area contributed by atoms with Crippen LogP contribution in [0.1, 0.15) is 53.0 Å². The highest BCUT2D eigenvalue weighted by molar-refractivity contribution is 6.33. The van der Waals surface area contributed by atoms with Gasteiger partial charge in [-0.25, -0.2) is 4.79 Å². The van der Waals surface area contributed by atoms with Crippen LogP contribution in [0, 0.1) is 0 Å². The minimum absolute atomic E-state index is 0.0128. The van der Waals surface area contributed by atoms with E-state index in [0.29, 0.717) is 10.7 Å². The molecule has 5 heteroatoms. The van der Waals surface area contributed by atoms with E-state index in [1.54, 1.807) is 0 Å². The predicted octanol–water partition coefficient (Wildman–Crippen LogP) is 4.46. The molecule has 3 N–H and O–H groups in total. The summed E-state index contributed by atoms with van der Waals surface area (Å²) in [6.45, 7) is 9.54. The van der Waals surface area contributed by atoms with Crippen LogP contribution in [0.5, 0.6) is 0 Å². The van der Waals surface area contributed by atoms with Crippen molar-refractivity contribution in [2.75, 3.05) is 5.32 Å². The van der Waals surface area contributed by atoms with E-state index in [0.717, 1.165) is 18.4 Å². The Kier molecular flexibility index (Phi) is 4.22. The Morgan fingerprint density at radius 2 is 1.86 bits per heavy atom. The third-order valence-electron chi connectivity index (χ3n) is 4.14. The third kappa shape index (κ3) is 3.55. The number of carbonyl (C=O) groups excluding carboxylic acids is 1. The van der Waals surface area contributed by atoms with Crippen molar-refractivity contribution in [3.05, 3.63) is 28.8 Å². The lowest BCUT2D eigenvalue weighted by Gasteiger charge is -2.31. The number of ether oxygens (including phenoxy) is 1. The van der Waals surface area contributed by atoms with Crippen molar-refractivity contribution in [2.24, 2.45) is 5.73 Å². The molecule has 0 atom stereocenters. The van der Waals surface area contributed by atoms with Crippen molar-refractivity contribution in [1.29, 1.82) is 0 Å². The number of nitrogens with one attached hydrogen (secondary N) is 1. The first-order chi connectivity index (χ1) is 9.95. The zero-order valence-electron chi connectivity index (χ0n) is 13.9. The van der Waals surface area contributed by atoms with Gasteiger partial charge in [0, 0.05) is 11.0 Å². The van der Waals surface area contributed by atoms with E-state index < -0.39 is 11.7 Å². The fraction of sp³-hybridized carbons (Fsp3) is 0.588. The molecule has 0 aliphatic heterocycles. The Labute approximate surface area is 137 Å². The number of halogens is 1. The van der Waals surface area contributed by atoms with Gasteiger partial charge < -0.3 is 10.5 Å². The van der Waals surface area contributed by atoms with E-state index in [9.17, 15) is 4.79 Å². The molecule has 1 aromatic carbocycles. The van der Waals surface area contributed by atoms with Crippen molar-refractivity contribution in [3.63, 3.8) is 0 Å². The van der Waals surface area contributed by atoms with Gasteiger partial charge in [-0.1, -0.05) is 17.7 Å². The van der Waals surface area contributed by atoms with E-state index in [1.807, 2.05) is 52.8 Å². The summed E-state index contributed by atoms with van der Waals surface area (Å²) in [6, 6.07) is 5.70. The summed E-state index contributed by atoms with van der Waals surface area (Å²) >= 11 is 6.32. The van der Waals surface area contributed by atoms with Crippen molar-refractivity contribution < 1.29 is 9.53 Å². The van der Waals surface area contributed by atoms with Gasteiger partial charge in [0.25, 0.3) is 0 Å². The van der Waals surface area contributed by atoms with Crippen molar-refractivity contribution in [1.82, 2.24) is 0 Å². The lowest BCUT2D eigenvalue weighted by atomic mass is 9.79. The van der Waals surface area contributed by atoms with E-state index in [2.05, 4.69) is 5.32 Å². The first-order valence-corrected chi connectivity index (χ1v) is 7.91. The Bertz CT molecular complexity index is 581. The minimum Gasteiger partial charge on any atom is -0.444 e. The molecule has 0 unspecified atom stereocenters. The average molecular weight is 325 g/mol. The van der Waals surface area contributed by atoms with Gasteiger partial charge in [0.15, 0.2) is 0 Å². The minimum atomic E-state index is -0.544. The number of hydrogen-bond donors (Lipinski definition) is 2. The summed E-state index contributed by atoms with van der Waals surface area (Å²) in [5.41, 5.74) is 7.13. The van der Waals surface area contributed by atoms with E-state index in [-0.39, 0.29) is 11.0 Å². The zero-order valence-corrected chi connectivity index (χ0v) is 14.7. The molecule has 0 radical (unpaired) electrons. The summed E-state index contributed by atoms with van der Waals surface area (Å²) in [7, 11) is 0. The van der Waals surface area contributed by atoms with Crippen LogP contribution in [0.25, 0.3) is 0 Å². The largest absolute Gasteiger partial charge is 0.444 e. The normalized spacial score (nSPS) is 17.0. The molecule has 1 saturated carbocycles. The maximum absolute atomic E-state index is 11.8. The molecule has 1 fully saturated rings. The summed E-state index contributed by atoms with van der Waals surface area (Å²) in [6.07, 6.45) is 1.61. The summed E-state index contributed by atoms with van der Waals surface area (Å²) in [5, 5.41) is 3.18. The Balaban J connectivity index is 2.16. The fourth-order valence-electron chi connectivity index (χ4n) is 2.76. The number of rotatable bonds is 3. The Morgan fingerprint density at radius 3 is 2.27 bits per heavy atom. The van der Waals surface area contributed by atoms with Gasteiger partial charge in [-0.05, 0) is 65.2 Å². The van der Waals surface area contributed by atoms with Gasteiger partial charge in [-0.15, -0.1) is 0 Å². The second-order valence-corrected chi connectivity index (χ2v) is 8.03. The second kappa shape index (κ2) is 5.43. The number of carbonyl (C=O) groups is 1. The maximum atomic E-state index is 11.8. The van der Waals surface area contributed by atoms with E-state index in [1.165, 1.54) is 0 Å². The quantitative estimate of drug-likeness (QED) is 0.863. The lowest BCUT2D eigenvalue weighted by molar-refractivity contribution is 0.0636. The molecule has 0 heterocycles. The topological polar surface area (TPSA) is 64.3 Å². The van der Waals surface area contributed by atoms with Crippen LogP contribution >= 0.6 is 11.6 Å². The van der Waals surface area contributed by atoms with Crippen LogP contribution in [-0.2, 0) is 10.2 Å². The van der Waals surface area contributed by atoms with Crippen molar-refractivity contribution in [2.45, 2.75) is 64.0 Å². The van der Waals surface area contributed by atoms with E-state index >= 15 is 0 Å². The molecule has 1 amide bonds. The smallest absolute Gasteiger partial charge is 0.412 e.